The van der Waals surface area contributed by atoms with Gasteiger partial charge in [-0.3, -0.25) is 48.6 Å². The first-order valence-corrected chi connectivity index (χ1v) is 26.4. The SMILES string of the molecule is CC(=O)O[C@H]1C(=O)[C@@]2(C)[C@H]([C@H](OC(=O)c3ccccc3)[C@]3(O)C[C@H](OC(=O)[C@H](O)[C@@H](NC(=O)c4ccccc4)c4ccccc4)C(C)=C1C3(C)C)[C@]1(OC(C)=O)CO[C@@H]1C[C@@H]2O.O=C1CCC(N2C(=O)c3ccccc3C2=O)C(=O)N1. The number of carbonyl (C=O) groups is 10. The summed E-state index contributed by atoms with van der Waals surface area (Å²) < 4.78 is 30.3. The molecule has 0 aromatic heterocycles. The van der Waals surface area contributed by atoms with Gasteiger partial charge in [-0.1, -0.05) is 92.7 Å². The molecule has 12 atom stereocenters. The van der Waals surface area contributed by atoms with Gasteiger partial charge in [-0.25, -0.2) is 9.59 Å². The number of carbonyl (C=O) groups excluding carboxylic acids is 10. The van der Waals surface area contributed by atoms with Crippen LogP contribution in [0.15, 0.2) is 126 Å². The fourth-order valence-electron chi connectivity index (χ4n) is 12.6. The summed E-state index contributed by atoms with van der Waals surface area (Å²) >= 11 is 0. The highest BCUT2D eigenvalue weighted by atomic mass is 16.6. The third-order valence-electron chi connectivity index (χ3n) is 16.8. The predicted molar refractivity (Wildman–Crippen MR) is 281 cm³/mol. The van der Waals surface area contributed by atoms with Crippen LogP contribution in [-0.4, -0.2) is 140 Å². The maximum absolute atomic E-state index is 15.5. The first kappa shape index (κ1) is 57.4. The smallest absolute Gasteiger partial charge is 0.338 e. The minimum Gasteiger partial charge on any atom is -0.456 e. The van der Waals surface area contributed by atoms with Crippen molar-refractivity contribution in [3.63, 3.8) is 0 Å². The summed E-state index contributed by atoms with van der Waals surface area (Å²) in [6.45, 7) is 7.97. The number of ketones is 1. The van der Waals surface area contributed by atoms with E-state index in [4.69, 9.17) is 23.7 Å². The molecule has 21 nitrogen and oxygen atoms in total. The molecule has 5 amide bonds. The maximum atomic E-state index is 15.5. The van der Waals surface area contributed by atoms with E-state index in [9.17, 15) is 58.5 Å². The Morgan fingerprint density at radius 3 is 1.88 bits per heavy atom. The van der Waals surface area contributed by atoms with Crippen LogP contribution < -0.4 is 10.6 Å². The monoisotopic (exact) mass is 1110 g/mol. The number of rotatable bonds is 11. The number of aliphatic hydroxyl groups excluding tert-OH is 2. The molecule has 0 spiro atoms. The number of piperidine rings is 1. The van der Waals surface area contributed by atoms with Crippen LogP contribution in [0.25, 0.3) is 0 Å². The molecule has 1 unspecified atom stereocenters. The van der Waals surface area contributed by atoms with Crippen molar-refractivity contribution in [2.24, 2.45) is 16.7 Å². The van der Waals surface area contributed by atoms with Crippen LogP contribution in [0.5, 0.6) is 0 Å². The molecule has 10 rings (SSSR count). The lowest BCUT2D eigenvalue weighted by Crippen LogP contribution is -2.82. The van der Waals surface area contributed by atoms with Gasteiger partial charge in [-0.2, -0.15) is 0 Å². The Kier molecular flexibility index (Phi) is 15.6. The van der Waals surface area contributed by atoms with Gasteiger partial charge in [0.05, 0.1) is 46.8 Å². The number of hydrogen-bond donors (Lipinski definition) is 5. The third kappa shape index (κ3) is 10.0. The van der Waals surface area contributed by atoms with Gasteiger partial charge in [0.15, 0.2) is 23.6 Å². The standard InChI is InChI=1S/C47H51NO14.C13H10N2O4/c1-25-31(60-43(56)36(52)35(28-16-10-7-11-17-28)48-41(54)29-18-12-8-13-19-29)23-47(57)40(61-42(55)30-20-14-9-15-21-30)38-45(6,32(51)22-33-46(38,24-58-33)62-27(3)50)39(53)37(59-26(2)49)34(25)44(47,4)5;16-10-6-5-9(11(17)14-10)15-12(18)7-3-1-2-4-8(7)13(15)19/h7-21,31-33,35-38,40,51-52,57H,22-24H2,1-6H3,(H,48,54);1-4,9H,5-6H2,(H,14,16,17)/t31-,32-,33+,35-,36+,37+,38-,40-,45+,46-,47+;/m0./s1. The number of imide groups is 2. The van der Waals surface area contributed by atoms with Crippen LogP contribution in [0.1, 0.15) is 120 Å². The summed E-state index contributed by atoms with van der Waals surface area (Å²) in [6.07, 6.45) is -10.2. The minimum absolute atomic E-state index is 0.00289. The number of esters is 4. The summed E-state index contributed by atoms with van der Waals surface area (Å²) in [6, 6.07) is 28.5. The van der Waals surface area contributed by atoms with Crippen LogP contribution in [0.4, 0.5) is 0 Å². The van der Waals surface area contributed by atoms with Crippen molar-refractivity contribution in [3.8, 4) is 0 Å². The van der Waals surface area contributed by atoms with E-state index in [1.807, 2.05) is 0 Å². The topological polar surface area (TPSA) is 305 Å². The molecule has 3 heterocycles. The first-order valence-electron chi connectivity index (χ1n) is 26.4. The second kappa shape index (κ2) is 22.0. The molecular weight excluding hydrogens is 1050 g/mol. The van der Waals surface area contributed by atoms with E-state index in [2.05, 4.69) is 10.6 Å². The number of Topliss-reactive ketones (excluding diaryl/α,β-unsaturated/α-hetero) is 1. The lowest BCUT2D eigenvalue weighted by atomic mass is 9.44. The van der Waals surface area contributed by atoms with Crippen molar-refractivity contribution in [3.05, 3.63) is 154 Å². The summed E-state index contributed by atoms with van der Waals surface area (Å²) in [4.78, 5) is 132. The number of nitrogens with zero attached hydrogens (tertiary/aromatic N) is 1. The molecule has 4 aromatic rings. The number of fused-ring (bicyclic) bond motifs is 6. The fourth-order valence-corrected chi connectivity index (χ4v) is 12.6. The Bertz CT molecular complexity index is 3220. The van der Waals surface area contributed by atoms with E-state index in [0.717, 1.165) is 18.7 Å². The molecule has 2 saturated carbocycles. The second-order valence-corrected chi connectivity index (χ2v) is 21.8. The Balaban J connectivity index is 0.000000349. The predicted octanol–water partition coefficient (Wildman–Crippen LogP) is 3.82. The molecular formula is C60H61N3O18. The van der Waals surface area contributed by atoms with Crippen LogP contribution in [0.2, 0.25) is 0 Å². The molecule has 0 radical (unpaired) electrons. The quantitative estimate of drug-likeness (QED) is 0.0617. The molecule has 424 valence electrons. The Labute approximate surface area is 464 Å². The highest BCUT2D eigenvalue weighted by Crippen LogP contribution is 2.64. The Hall–Kier alpha value is -8.24. The Morgan fingerprint density at radius 2 is 1.33 bits per heavy atom. The van der Waals surface area contributed by atoms with Crippen molar-refractivity contribution < 1.29 is 86.9 Å². The van der Waals surface area contributed by atoms with E-state index in [0.29, 0.717) is 16.7 Å². The lowest BCUT2D eigenvalue weighted by Gasteiger charge is -2.67. The van der Waals surface area contributed by atoms with E-state index in [1.165, 1.54) is 26.0 Å². The largest absolute Gasteiger partial charge is 0.456 e. The minimum atomic E-state index is -2.39. The molecule has 21 heteroatoms. The molecule has 3 aliphatic carbocycles. The Morgan fingerprint density at radius 1 is 0.765 bits per heavy atom. The number of ether oxygens (including phenoxy) is 5. The van der Waals surface area contributed by atoms with Gasteiger partial charge in [-0.05, 0) is 73.4 Å². The maximum Gasteiger partial charge on any atom is 0.338 e. The lowest BCUT2D eigenvalue weighted by molar-refractivity contribution is -0.346. The highest BCUT2D eigenvalue weighted by molar-refractivity contribution is 6.23. The molecule has 4 fully saturated rings. The van der Waals surface area contributed by atoms with Crippen LogP contribution >= 0.6 is 0 Å². The average molecular weight is 1110 g/mol. The van der Waals surface area contributed by atoms with Crippen molar-refractivity contribution >= 4 is 59.2 Å². The van der Waals surface area contributed by atoms with E-state index in [-0.39, 0.29) is 54.0 Å². The van der Waals surface area contributed by atoms with Gasteiger partial charge >= 0.3 is 23.9 Å². The van der Waals surface area contributed by atoms with Gasteiger partial charge in [0.1, 0.15) is 30.0 Å². The van der Waals surface area contributed by atoms with Gasteiger partial charge < -0.3 is 44.3 Å². The molecule has 4 aromatic carbocycles. The average Bonchev–Trinajstić information content (AvgIpc) is 3.36. The molecule has 6 aliphatic rings. The first-order chi connectivity index (χ1) is 38.4. The summed E-state index contributed by atoms with van der Waals surface area (Å²) in [7, 11) is 0. The van der Waals surface area contributed by atoms with E-state index < -0.39 is 136 Å². The van der Waals surface area contributed by atoms with Crippen LogP contribution in [0, 0.1) is 16.7 Å². The summed E-state index contributed by atoms with van der Waals surface area (Å²) in [5.41, 5.74) is -6.41. The third-order valence-corrected chi connectivity index (χ3v) is 16.8. The second-order valence-electron chi connectivity index (χ2n) is 21.8. The molecule has 2 bridgehead atoms. The zero-order valence-corrected chi connectivity index (χ0v) is 45.1. The number of aliphatic hydroxyl groups is 3. The van der Waals surface area contributed by atoms with E-state index in [1.54, 1.807) is 117 Å². The number of benzene rings is 4. The van der Waals surface area contributed by atoms with Gasteiger partial charge in [0.25, 0.3) is 17.7 Å². The zero-order chi connectivity index (χ0) is 58.5. The number of amides is 5. The van der Waals surface area contributed by atoms with Crippen molar-refractivity contribution in [1.29, 1.82) is 0 Å². The van der Waals surface area contributed by atoms with Crippen LogP contribution in [-0.2, 0) is 52.5 Å². The van der Waals surface area contributed by atoms with Crippen LogP contribution in [0.3, 0.4) is 0 Å². The van der Waals surface area contributed by atoms with Gasteiger partial charge in [-0.15, -0.1) is 0 Å². The summed E-state index contributed by atoms with van der Waals surface area (Å²) in [5, 5.41) is 42.4. The molecule has 5 N–H and O–H groups in total. The van der Waals surface area contributed by atoms with Crippen molar-refractivity contribution in [2.45, 2.75) is 127 Å². The normalized spacial score (nSPS) is 29.7. The van der Waals surface area contributed by atoms with Gasteiger partial charge in [0, 0.05) is 44.1 Å². The molecule has 81 heavy (non-hydrogen) atoms. The zero-order valence-electron chi connectivity index (χ0n) is 45.1. The number of nitrogens with one attached hydrogen (secondary N) is 2. The van der Waals surface area contributed by atoms with Gasteiger partial charge in [0.2, 0.25) is 11.8 Å². The molecule has 2 saturated heterocycles. The van der Waals surface area contributed by atoms with Crippen molar-refractivity contribution in [1.82, 2.24) is 15.5 Å². The number of hydrogen-bond acceptors (Lipinski definition) is 18. The van der Waals surface area contributed by atoms with Crippen molar-refractivity contribution in [2.75, 3.05) is 6.61 Å². The fraction of sp³-hybridized carbons (Fsp3) is 0.400. The molecule has 3 aliphatic heterocycles. The summed E-state index contributed by atoms with van der Waals surface area (Å²) in [5.74, 6) is -8.76. The van der Waals surface area contributed by atoms with E-state index >= 15 is 4.79 Å². The highest BCUT2D eigenvalue weighted by Gasteiger charge is 2.78.